The van der Waals surface area contributed by atoms with Crippen LogP contribution in [-0.4, -0.2) is 0 Å². The highest BCUT2D eigenvalue weighted by Crippen LogP contribution is 2.31. The quantitative estimate of drug-likeness (QED) is 0.578. The van der Waals surface area contributed by atoms with E-state index in [-0.39, 0.29) is 0 Å². The molecule has 0 nitrogen and oxygen atoms in total. The van der Waals surface area contributed by atoms with Crippen molar-refractivity contribution in [2.75, 3.05) is 0 Å². The SMILES string of the molecule is C1=CC(c2cccc3ccccc23)CCCCC1. The molecule has 0 saturated heterocycles. The van der Waals surface area contributed by atoms with E-state index in [2.05, 4.69) is 54.6 Å². The Labute approximate surface area is 109 Å². The van der Waals surface area contributed by atoms with Crippen molar-refractivity contribution in [3.63, 3.8) is 0 Å². The zero-order chi connectivity index (χ0) is 12.2. The maximum atomic E-state index is 2.43. The van der Waals surface area contributed by atoms with Crippen LogP contribution in [0.5, 0.6) is 0 Å². The molecule has 0 heteroatoms. The first-order valence-corrected chi connectivity index (χ1v) is 7.09. The summed E-state index contributed by atoms with van der Waals surface area (Å²) in [5.74, 6) is 0.608. The Kier molecular flexibility index (Phi) is 3.45. The number of benzene rings is 2. The molecule has 0 heterocycles. The Hall–Kier alpha value is -1.56. The van der Waals surface area contributed by atoms with Crippen molar-refractivity contribution < 1.29 is 0 Å². The fourth-order valence-electron chi connectivity index (χ4n) is 2.99. The highest BCUT2D eigenvalue weighted by Gasteiger charge is 2.12. The molecule has 0 fully saturated rings. The summed E-state index contributed by atoms with van der Waals surface area (Å²) in [5.41, 5.74) is 1.51. The fraction of sp³-hybridized carbons (Fsp3) is 0.333. The van der Waals surface area contributed by atoms with Gasteiger partial charge in [0, 0.05) is 5.92 Å². The van der Waals surface area contributed by atoms with Gasteiger partial charge in [0.2, 0.25) is 0 Å². The van der Waals surface area contributed by atoms with Gasteiger partial charge in [0.1, 0.15) is 0 Å². The first-order chi connectivity index (χ1) is 8.95. The molecule has 0 bridgehead atoms. The molecule has 1 unspecified atom stereocenters. The maximum absolute atomic E-state index is 2.43. The van der Waals surface area contributed by atoms with Crippen LogP contribution < -0.4 is 0 Å². The molecule has 0 spiro atoms. The molecule has 1 aliphatic carbocycles. The van der Waals surface area contributed by atoms with Gasteiger partial charge in [-0.1, -0.05) is 67.5 Å². The highest BCUT2D eigenvalue weighted by atomic mass is 14.2. The monoisotopic (exact) mass is 236 g/mol. The molecule has 0 aliphatic heterocycles. The summed E-state index contributed by atoms with van der Waals surface area (Å²) >= 11 is 0. The third-order valence-electron chi connectivity index (χ3n) is 3.98. The van der Waals surface area contributed by atoms with Gasteiger partial charge in [0.05, 0.1) is 0 Å². The third kappa shape index (κ3) is 2.33. The Morgan fingerprint density at radius 2 is 1.72 bits per heavy atom. The molecule has 0 N–H and O–H groups in total. The second kappa shape index (κ2) is 5.39. The van der Waals surface area contributed by atoms with Crippen molar-refractivity contribution >= 4 is 10.8 Å². The lowest BCUT2D eigenvalue weighted by Crippen LogP contribution is -1.98. The minimum atomic E-state index is 0.608. The summed E-state index contributed by atoms with van der Waals surface area (Å²) in [7, 11) is 0. The Morgan fingerprint density at radius 3 is 2.72 bits per heavy atom. The average Bonchev–Trinajstić information content (AvgIpc) is 2.38. The number of hydrogen-bond acceptors (Lipinski definition) is 0. The first kappa shape index (κ1) is 11.5. The van der Waals surface area contributed by atoms with Crippen LogP contribution in [0, 0.1) is 0 Å². The van der Waals surface area contributed by atoms with Crippen molar-refractivity contribution in [3.05, 3.63) is 60.2 Å². The van der Waals surface area contributed by atoms with Gasteiger partial charge >= 0.3 is 0 Å². The molecule has 2 aromatic rings. The number of hydrogen-bond donors (Lipinski definition) is 0. The van der Waals surface area contributed by atoms with Gasteiger partial charge in [-0.2, -0.15) is 0 Å². The summed E-state index contributed by atoms with van der Waals surface area (Å²) in [6.45, 7) is 0. The lowest BCUT2D eigenvalue weighted by molar-refractivity contribution is 0.600. The summed E-state index contributed by atoms with van der Waals surface area (Å²) in [6, 6.07) is 15.5. The standard InChI is InChI=1S/C18H20/c1-2-4-9-15(10-5-3-1)18-14-8-12-16-11-6-7-13-17(16)18/h4,6-9,11-15H,1-3,5,10H2. The van der Waals surface area contributed by atoms with Gasteiger partial charge in [-0.05, 0) is 35.6 Å². The average molecular weight is 236 g/mol. The Balaban J connectivity index is 2.04. The third-order valence-corrected chi connectivity index (χ3v) is 3.98. The zero-order valence-electron chi connectivity index (χ0n) is 10.8. The van der Waals surface area contributed by atoms with Gasteiger partial charge in [0.25, 0.3) is 0 Å². The molecule has 0 aromatic heterocycles. The molecule has 0 saturated carbocycles. The van der Waals surface area contributed by atoms with Gasteiger partial charge in [-0.25, -0.2) is 0 Å². The molecular formula is C18H20. The van der Waals surface area contributed by atoms with Crippen LogP contribution in [0.25, 0.3) is 10.8 Å². The van der Waals surface area contributed by atoms with E-state index in [0.29, 0.717) is 5.92 Å². The number of rotatable bonds is 1. The molecule has 0 amide bonds. The van der Waals surface area contributed by atoms with Gasteiger partial charge < -0.3 is 0 Å². The van der Waals surface area contributed by atoms with E-state index >= 15 is 0 Å². The number of allylic oxidation sites excluding steroid dienone is 2. The van der Waals surface area contributed by atoms with E-state index in [9.17, 15) is 0 Å². The molecular weight excluding hydrogens is 216 g/mol. The minimum Gasteiger partial charge on any atom is -0.0879 e. The predicted octanol–water partition coefficient (Wildman–Crippen LogP) is 5.44. The van der Waals surface area contributed by atoms with E-state index in [1.807, 2.05) is 0 Å². The topological polar surface area (TPSA) is 0 Å². The Morgan fingerprint density at radius 1 is 0.833 bits per heavy atom. The number of fused-ring (bicyclic) bond motifs is 1. The van der Waals surface area contributed by atoms with Gasteiger partial charge in [-0.15, -0.1) is 0 Å². The normalized spacial score (nSPS) is 20.6. The summed E-state index contributed by atoms with van der Waals surface area (Å²) < 4.78 is 0. The lowest BCUT2D eigenvalue weighted by atomic mass is 9.87. The Bertz CT molecular complexity index is 545. The predicted molar refractivity (Wildman–Crippen MR) is 78.9 cm³/mol. The van der Waals surface area contributed by atoms with Crippen LogP contribution in [0.3, 0.4) is 0 Å². The molecule has 1 aliphatic rings. The van der Waals surface area contributed by atoms with Crippen molar-refractivity contribution in [2.45, 2.75) is 38.0 Å². The molecule has 2 aromatic carbocycles. The summed E-state index contributed by atoms with van der Waals surface area (Å²) in [5, 5.41) is 2.79. The molecule has 18 heavy (non-hydrogen) atoms. The minimum absolute atomic E-state index is 0.608. The van der Waals surface area contributed by atoms with E-state index in [0.717, 1.165) is 0 Å². The van der Waals surface area contributed by atoms with Crippen LogP contribution in [0.15, 0.2) is 54.6 Å². The lowest BCUT2D eigenvalue weighted by Gasteiger charge is -2.17. The van der Waals surface area contributed by atoms with Gasteiger partial charge in [0.15, 0.2) is 0 Å². The molecule has 3 rings (SSSR count). The van der Waals surface area contributed by atoms with Crippen LogP contribution in [0.1, 0.15) is 43.6 Å². The second-order valence-electron chi connectivity index (χ2n) is 5.24. The van der Waals surface area contributed by atoms with E-state index < -0.39 is 0 Å². The molecule has 1 atom stereocenters. The summed E-state index contributed by atoms with van der Waals surface area (Å²) in [4.78, 5) is 0. The van der Waals surface area contributed by atoms with Crippen LogP contribution in [0.2, 0.25) is 0 Å². The largest absolute Gasteiger partial charge is 0.0879 e. The van der Waals surface area contributed by atoms with Crippen molar-refractivity contribution in [3.8, 4) is 0 Å². The second-order valence-corrected chi connectivity index (χ2v) is 5.24. The smallest absolute Gasteiger partial charge is 0.00241 e. The van der Waals surface area contributed by atoms with E-state index in [4.69, 9.17) is 0 Å². The van der Waals surface area contributed by atoms with Crippen LogP contribution in [0.4, 0.5) is 0 Å². The van der Waals surface area contributed by atoms with Crippen molar-refractivity contribution in [1.29, 1.82) is 0 Å². The zero-order valence-corrected chi connectivity index (χ0v) is 10.8. The highest BCUT2D eigenvalue weighted by molar-refractivity contribution is 5.86. The molecule has 0 radical (unpaired) electrons. The van der Waals surface area contributed by atoms with Gasteiger partial charge in [-0.3, -0.25) is 0 Å². The van der Waals surface area contributed by atoms with Crippen molar-refractivity contribution in [1.82, 2.24) is 0 Å². The van der Waals surface area contributed by atoms with E-state index in [1.54, 1.807) is 0 Å². The van der Waals surface area contributed by atoms with Crippen LogP contribution >= 0.6 is 0 Å². The maximum Gasteiger partial charge on any atom is 0.00241 e. The molecule has 92 valence electrons. The summed E-state index contributed by atoms with van der Waals surface area (Å²) in [6.07, 6.45) is 11.5. The first-order valence-electron chi connectivity index (χ1n) is 7.09. The van der Waals surface area contributed by atoms with Crippen LogP contribution in [-0.2, 0) is 0 Å². The fourth-order valence-corrected chi connectivity index (χ4v) is 2.99. The van der Waals surface area contributed by atoms with E-state index in [1.165, 1.54) is 48.4 Å². The van der Waals surface area contributed by atoms with Crippen molar-refractivity contribution in [2.24, 2.45) is 0 Å².